The fraction of sp³-hybridized carbons (Fsp3) is 1.00. The average Bonchev–Trinajstić information content (AvgIpc) is 2.78. The molecule has 0 aromatic heterocycles. The molecule has 4 rings (SSSR count). The van der Waals surface area contributed by atoms with Crippen LogP contribution in [0.15, 0.2) is 0 Å². The smallest absolute Gasteiger partial charge is 0.175 e. The van der Waals surface area contributed by atoms with Gasteiger partial charge in [0.05, 0.1) is 26.7 Å². The molecule has 4 fully saturated rings. The molecule has 0 aromatic rings. The van der Waals surface area contributed by atoms with Crippen molar-refractivity contribution >= 4 is 0 Å². The summed E-state index contributed by atoms with van der Waals surface area (Å²) < 4.78 is 1.32. The minimum absolute atomic E-state index is 0. The molecule has 4 aliphatic rings. The van der Waals surface area contributed by atoms with E-state index in [1.165, 1.54) is 56.8 Å². The first-order valence-corrected chi connectivity index (χ1v) is 6.34. The number of hydrogen-bond donors (Lipinski definition) is 0. The van der Waals surface area contributed by atoms with E-state index < -0.39 is 0 Å². The van der Waals surface area contributed by atoms with Gasteiger partial charge in [-0.05, 0) is 0 Å². The zero-order chi connectivity index (χ0) is 10.0. The van der Waals surface area contributed by atoms with Crippen LogP contribution in [0.25, 0.3) is 0 Å². The highest BCUT2D eigenvalue weighted by molar-refractivity contribution is 4.96. The molecule has 0 spiro atoms. The molecule has 1 unspecified atom stereocenters. The van der Waals surface area contributed by atoms with Gasteiger partial charge in [-0.15, -0.1) is 0 Å². The van der Waals surface area contributed by atoms with Crippen molar-refractivity contribution < 1.29 is 28.5 Å². The lowest BCUT2D eigenvalue weighted by Gasteiger charge is -2.52. The summed E-state index contributed by atoms with van der Waals surface area (Å²) in [6, 6.07) is 0. The first-order chi connectivity index (χ1) is 7.28. The quantitative estimate of drug-likeness (QED) is 0.330. The summed E-state index contributed by atoms with van der Waals surface area (Å²) in [6.07, 6.45) is 1.54. The van der Waals surface area contributed by atoms with E-state index >= 15 is 0 Å². The summed E-state index contributed by atoms with van der Waals surface area (Å²) in [6.45, 7) is 10.6. The van der Waals surface area contributed by atoms with Crippen LogP contribution in [0.5, 0.6) is 0 Å². The maximum absolute atomic E-state index is 2.75. The maximum atomic E-state index is 2.75. The Morgan fingerprint density at radius 3 is 2.00 bits per heavy atom. The predicted molar refractivity (Wildman–Crippen MR) is 58.2 cm³/mol. The summed E-state index contributed by atoms with van der Waals surface area (Å²) in [7, 11) is 2.48. The van der Waals surface area contributed by atoms with Crippen molar-refractivity contribution in [3.05, 3.63) is 0 Å². The van der Waals surface area contributed by atoms with Crippen molar-refractivity contribution in [1.29, 1.82) is 0 Å². The third kappa shape index (κ3) is 1.35. The maximum Gasteiger partial charge on any atom is 0.175 e. The molecule has 5 heteroatoms. The van der Waals surface area contributed by atoms with Crippen LogP contribution in [0.2, 0.25) is 0 Å². The SMILES string of the molecule is C[N+]12CCN3CCN4CCN(CC1)[C@H]2[C@@H]43.[I-]. The first-order valence-electron chi connectivity index (χ1n) is 6.34. The van der Waals surface area contributed by atoms with Gasteiger partial charge in [0.2, 0.25) is 0 Å². The van der Waals surface area contributed by atoms with Crippen molar-refractivity contribution in [2.75, 3.05) is 59.4 Å². The summed E-state index contributed by atoms with van der Waals surface area (Å²) in [5.41, 5.74) is 0. The molecule has 92 valence electrons. The van der Waals surface area contributed by atoms with Gasteiger partial charge >= 0.3 is 0 Å². The Morgan fingerprint density at radius 2 is 1.31 bits per heavy atom. The minimum Gasteiger partial charge on any atom is -1.00 e. The third-order valence-electron chi connectivity index (χ3n) is 5.17. The van der Waals surface area contributed by atoms with E-state index in [0.29, 0.717) is 0 Å². The molecule has 4 nitrogen and oxygen atoms in total. The van der Waals surface area contributed by atoms with E-state index in [0.717, 1.165) is 12.3 Å². The Labute approximate surface area is 115 Å². The molecular weight excluding hydrogens is 315 g/mol. The molecule has 0 aliphatic carbocycles. The van der Waals surface area contributed by atoms with Crippen molar-refractivity contribution in [1.82, 2.24) is 14.7 Å². The summed E-state index contributed by atoms with van der Waals surface area (Å²) in [5.74, 6) is 0. The second-order valence-corrected chi connectivity index (χ2v) is 5.86. The summed E-state index contributed by atoms with van der Waals surface area (Å²) in [5, 5.41) is 0. The first kappa shape index (κ1) is 11.6. The van der Waals surface area contributed by atoms with Crippen LogP contribution in [0.1, 0.15) is 0 Å². The normalized spacial score (nSPS) is 47.8. The van der Waals surface area contributed by atoms with Crippen LogP contribution >= 0.6 is 0 Å². The standard InChI is InChI=1S/C11H21N4.HI/c1-15-8-6-13-3-2-12-4-5-14(7-9-15)11(15)10(12)13;/h10-11H,2-9H2,1H3;1H/q+1;/p-1/t10-,11+,15?;/m0./s1. The monoisotopic (exact) mass is 336 g/mol. The van der Waals surface area contributed by atoms with E-state index in [-0.39, 0.29) is 24.0 Å². The summed E-state index contributed by atoms with van der Waals surface area (Å²) in [4.78, 5) is 8.20. The van der Waals surface area contributed by atoms with Gasteiger partial charge in [-0.3, -0.25) is 9.80 Å². The number of likely N-dealkylation sites (N-methyl/N-ethyl adjacent to an activating group) is 1. The largest absolute Gasteiger partial charge is 1.00 e. The topological polar surface area (TPSA) is 9.72 Å². The minimum atomic E-state index is 0. The number of nitrogens with zero attached hydrogens (tertiary/aromatic N) is 4. The molecule has 3 atom stereocenters. The Morgan fingerprint density at radius 1 is 0.812 bits per heavy atom. The fourth-order valence-corrected chi connectivity index (χ4v) is 4.25. The Bertz CT molecular complexity index is 294. The van der Waals surface area contributed by atoms with Crippen LogP contribution < -0.4 is 24.0 Å². The molecule has 0 saturated carbocycles. The highest BCUT2D eigenvalue weighted by Crippen LogP contribution is 2.37. The van der Waals surface area contributed by atoms with Crippen LogP contribution in [0, 0.1) is 0 Å². The van der Waals surface area contributed by atoms with Crippen molar-refractivity contribution in [3.8, 4) is 0 Å². The van der Waals surface area contributed by atoms with Gasteiger partial charge < -0.3 is 28.5 Å². The molecule has 4 saturated heterocycles. The van der Waals surface area contributed by atoms with E-state index in [1.54, 1.807) is 0 Å². The number of quaternary nitrogens is 1. The molecule has 0 bridgehead atoms. The van der Waals surface area contributed by atoms with Gasteiger partial charge in [0.25, 0.3) is 0 Å². The van der Waals surface area contributed by atoms with Gasteiger partial charge in [-0.25, -0.2) is 4.90 Å². The van der Waals surface area contributed by atoms with Gasteiger partial charge in [-0.2, -0.15) is 0 Å². The van der Waals surface area contributed by atoms with Crippen molar-refractivity contribution in [2.45, 2.75) is 12.3 Å². The second-order valence-electron chi connectivity index (χ2n) is 5.86. The van der Waals surface area contributed by atoms with Gasteiger partial charge in [-0.1, -0.05) is 0 Å². The van der Waals surface area contributed by atoms with E-state index in [4.69, 9.17) is 0 Å². The van der Waals surface area contributed by atoms with Crippen LogP contribution in [0.3, 0.4) is 0 Å². The second kappa shape index (κ2) is 3.78. The number of piperazine rings is 2. The third-order valence-corrected chi connectivity index (χ3v) is 5.17. The van der Waals surface area contributed by atoms with Gasteiger partial charge in [0.15, 0.2) is 6.17 Å². The summed E-state index contributed by atoms with van der Waals surface area (Å²) >= 11 is 0. The Hall–Kier alpha value is 0.570. The van der Waals surface area contributed by atoms with E-state index in [9.17, 15) is 0 Å². The highest BCUT2D eigenvalue weighted by Gasteiger charge is 2.58. The van der Waals surface area contributed by atoms with E-state index in [1.807, 2.05) is 0 Å². The average molecular weight is 336 g/mol. The number of halogens is 1. The van der Waals surface area contributed by atoms with Crippen LogP contribution in [-0.4, -0.2) is 90.9 Å². The Balaban J connectivity index is 0.000000810. The number of rotatable bonds is 0. The number of hydrogen-bond acceptors (Lipinski definition) is 3. The van der Waals surface area contributed by atoms with Crippen molar-refractivity contribution in [2.24, 2.45) is 0 Å². The molecule has 0 N–H and O–H groups in total. The molecule has 4 heterocycles. The Kier molecular flexibility index (Phi) is 2.75. The zero-order valence-corrected chi connectivity index (χ0v) is 12.1. The van der Waals surface area contributed by atoms with E-state index in [2.05, 4.69) is 21.7 Å². The molecule has 0 amide bonds. The van der Waals surface area contributed by atoms with Crippen molar-refractivity contribution in [3.63, 3.8) is 0 Å². The molecular formula is C11H21IN4. The lowest BCUT2D eigenvalue weighted by atomic mass is 10.1. The molecule has 4 aliphatic heterocycles. The highest BCUT2D eigenvalue weighted by atomic mass is 127. The van der Waals surface area contributed by atoms with Gasteiger partial charge in [0, 0.05) is 32.7 Å². The lowest BCUT2D eigenvalue weighted by Crippen LogP contribution is -3.00. The van der Waals surface area contributed by atoms with Crippen LogP contribution in [-0.2, 0) is 0 Å². The van der Waals surface area contributed by atoms with Crippen LogP contribution in [0.4, 0.5) is 0 Å². The van der Waals surface area contributed by atoms with Gasteiger partial charge in [0.1, 0.15) is 6.17 Å². The zero-order valence-electron chi connectivity index (χ0n) is 9.98. The molecule has 0 aromatic carbocycles. The fourth-order valence-electron chi connectivity index (χ4n) is 4.25. The molecule has 0 radical (unpaired) electrons. The molecule has 16 heavy (non-hydrogen) atoms. The predicted octanol–water partition coefficient (Wildman–Crippen LogP) is -3.95. The lowest BCUT2D eigenvalue weighted by molar-refractivity contribution is -0.936.